The summed E-state index contributed by atoms with van der Waals surface area (Å²) in [4.78, 5) is 12.0. The summed E-state index contributed by atoms with van der Waals surface area (Å²) in [6, 6.07) is 7.50. The van der Waals surface area contributed by atoms with Crippen LogP contribution in [0.1, 0.15) is 39.3 Å². The molecule has 6 heteroatoms. The molecule has 3 N–H and O–H groups in total. The lowest BCUT2D eigenvalue weighted by atomic mass is 9.90. The second-order valence-corrected chi connectivity index (χ2v) is 6.76. The molecule has 0 heterocycles. The third-order valence-corrected chi connectivity index (χ3v) is 4.46. The van der Waals surface area contributed by atoms with Crippen LogP contribution in [-0.2, 0) is 4.79 Å². The van der Waals surface area contributed by atoms with E-state index >= 15 is 0 Å². The topological polar surface area (TPSA) is 69.5 Å². The molecule has 22 heavy (non-hydrogen) atoms. The molecule has 2 atom stereocenters. The van der Waals surface area contributed by atoms with Crippen molar-refractivity contribution in [2.24, 2.45) is 5.92 Å². The smallest absolute Gasteiger partial charge is 0.276 e. The van der Waals surface area contributed by atoms with Crippen molar-refractivity contribution < 1.29 is 10.1 Å². The van der Waals surface area contributed by atoms with E-state index in [4.69, 9.17) is 23.2 Å². The van der Waals surface area contributed by atoms with E-state index in [1.807, 2.05) is 32.2 Å². The number of nitrogens with zero attached hydrogens (tertiary/aromatic N) is 1. The van der Waals surface area contributed by atoms with Crippen LogP contribution in [0, 0.1) is 17.2 Å². The zero-order valence-electron chi connectivity index (χ0n) is 13.3. The van der Waals surface area contributed by atoms with E-state index in [-0.39, 0.29) is 24.4 Å². The highest BCUT2D eigenvalue weighted by Crippen LogP contribution is 2.24. The van der Waals surface area contributed by atoms with Crippen molar-refractivity contribution in [1.82, 2.24) is 5.32 Å². The molecule has 1 aromatic rings. The van der Waals surface area contributed by atoms with E-state index in [1.54, 1.807) is 19.1 Å². The van der Waals surface area contributed by atoms with Crippen molar-refractivity contribution in [3.63, 3.8) is 0 Å². The predicted octanol–water partition coefficient (Wildman–Crippen LogP) is 2.67. The Hall–Kier alpha value is -1.28. The van der Waals surface area contributed by atoms with Crippen molar-refractivity contribution in [3.05, 3.63) is 33.8 Å². The Morgan fingerprint density at radius 3 is 2.55 bits per heavy atom. The number of amides is 1. The first kappa shape index (κ1) is 18.8. The first-order chi connectivity index (χ1) is 10.2. The molecule has 0 spiro atoms. The van der Waals surface area contributed by atoms with Crippen LogP contribution in [0.2, 0.25) is 10.0 Å². The van der Waals surface area contributed by atoms with Crippen LogP contribution in [0.15, 0.2) is 18.2 Å². The lowest BCUT2D eigenvalue weighted by Crippen LogP contribution is -2.87. The Labute approximate surface area is 141 Å². The standard InChI is InChI=1S/C16H21Cl2N3O/c1-10(2)16(4,9-19)21-15(22)8-20-11(3)13-6-5-12(17)7-14(13)18/h5-7,10-11,20H,8H2,1-4H3,(H,21,22)/p+1/t11-,16-/m1/s1. The highest BCUT2D eigenvalue weighted by Gasteiger charge is 2.30. The maximum Gasteiger partial charge on any atom is 0.276 e. The molecular formula is C16H22Cl2N3O+. The van der Waals surface area contributed by atoms with Crippen molar-refractivity contribution in [1.29, 1.82) is 5.26 Å². The Kier molecular flexibility index (Phi) is 6.67. The third-order valence-electron chi connectivity index (χ3n) is 3.90. The van der Waals surface area contributed by atoms with Gasteiger partial charge < -0.3 is 10.6 Å². The average Bonchev–Trinajstić information content (AvgIpc) is 2.44. The van der Waals surface area contributed by atoms with Crippen molar-refractivity contribution in [3.8, 4) is 6.07 Å². The summed E-state index contributed by atoms with van der Waals surface area (Å²) >= 11 is 12.0. The van der Waals surface area contributed by atoms with Gasteiger partial charge >= 0.3 is 0 Å². The van der Waals surface area contributed by atoms with Crippen LogP contribution < -0.4 is 10.6 Å². The molecular weight excluding hydrogens is 321 g/mol. The number of carbonyl (C=O) groups is 1. The Bertz CT molecular complexity index is 583. The van der Waals surface area contributed by atoms with Gasteiger partial charge in [0.1, 0.15) is 11.6 Å². The summed E-state index contributed by atoms with van der Waals surface area (Å²) in [5, 5.41) is 15.1. The van der Waals surface area contributed by atoms with E-state index in [2.05, 4.69) is 11.4 Å². The van der Waals surface area contributed by atoms with Gasteiger partial charge in [-0.15, -0.1) is 0 Å². The molecule has 0 aromatic heterocycles. The first-order valence-corrected chi connectivity index (χ1v) is 7.95. The molecule has 0 bridgehead atoms. The largest absolute Gasteiger partial charge is 0.333 e. The molecule has 1 rings (SSSR count). The fourth-order valence-electron chi connectivity index (χ4n) is 1.92. The van der Waals surface area contributed by atoms with Crippen LogP contribution in [-0.4, -0.2) is 18.0 Å². The van der Waals surface area contributed by atoms with E-state index in [0.717, 1.165) is 5.56 Å². The average molecular weight is 343 g/mol. The molecule has 4 nitrogen and oxygen atoms in total. The minimum Gasteiger partial charge on any atom is -0.333 e. The number of carbonyl (C=O) groups excluding carboxylic acids is 1. The molecule has 0 aliphatic rings. The number of hydrogen-bond acceptors (Lipinski definition) is 2. The van der Waals surface area contributed by atoms with Gasteiger partial charge in [-0.3, -0.25) is 4.79 Å². The zero-order valence-corrected chi connectivity index (χ0v) is 14.8. The minimum atomic E-state index is -0.855. The number of benzene rings is 1. The molecule has 0 saturated heterocycles. The molecule has 0 saturated carbocycles. The number of halogens is 2. The Morgan fingerprint density at radius 2 is 2.05 bits per heavy atom. The Balaban J connectivity index is 2.62. The lowest BCUT2D eigenvalue weighted by Gasteiger charge is -2.27. The van der Waals surface area contributed by atoms with Gasteiger partial charge in [0.25, 0.3) is 5.91 Å². The van der Waals surface area contributed by atoms with Gasteiger partial charge in [-0.2, -0.15) is 5.26 Å². The maximum atomic E-state index is 12.0. The fraction of sp³-hybridized carbons (Fsp3) is 0.500. The van der Waals surface area contributed by atoms with Gasteiger partial charge in [-0.1, -0.05) is 43.1 Å². The van der Waals surface area contributed by atoms with Gasteiger partial charge in [0.15, 0.2) is 6.54 Å². The van der Waals surface area contributed by atoms with E-state index in [1.165, 1.54) is 0 Å². The van der Waals surface area contributed by atoms with E-state index < -0.39 is 5.54 Å². The summed E-state index contributed by atoms with van der Waals surface area (Å²) in [6.45, 7) is 7.74. The summed E-state index contributed by atoms with van der Waals surface area (Å²) in [6.07, 6.45) is 0. The van der Waals surface area contributed by atoms with Crippen molar-refractivity contribution in [2.75, 3.05) is 6.54 Å². The number of nitrogens with two attached hydrogens (primary N) is 1. The van der Waals surface area contributed by atoms with Gasteiger partial charge in [-0.05, 0) is 31.9 Å². The van der Waals surface area contributed by atoms with Crippen LogP contribution in [0.4, 0.5) is 0 Å². The van der Waals surface area contributed by atoms with Crippen molar-refractivity contribution >= 4 is 29.1 Å². The summed E-state index contributed by atoms with van der Waals surface area (Å²) in [5.74, 6) is -0.140. The van der Waals surface area contributed by atoms with Gasteiger partial charge in [0.05, 0.1) is 11.1 Å². The fourth-order valence-corrected chi connectivity index (χ4v) is 2.50. The van der Waals surface area contributed by atoms with Crippen molar-refractivity contribution in [2.45, 2.75) is 39.3 Å². The highest BCUT2D eigenvalue weighted by atomic mass is 35.5. The van der Waals surface area contributed by atoms with E-state index in [0.29, 0.717) is 10.0 Å². The number of rotatable bonds is 6. The number of hydrogen-bond donors (Lipinski definition) is 2. The van der Waals surface area contributed by atoms with Gasteiger partial charge in [0, 0.05) is 10.6 Å². The number of nitriles is 1. The predicted molar refractivity (Wildman–Crippen MR) is 88.7 cm³/mol. The van der Waals surface area contributed by atoms with Gasteiger partial charge in [0.2, 0.25) is 0 Å². The molecule has 1 aromatic carbocycles. The van der Waals surface area contributed by atoms with Gasteiger partial charge in [-0.25, -0.2) is 0 Å². The zero-order chi connectivity index (χ0) is 16.9. The second-order valence-electron chi connectivity index (χ2n) is 5.91. The quantitative estimate of drug-likeness (QED) is 0.834. The highest BCUT2D eigenvalue weighted by molar-refractivity contribution is 6.35. The minimum absolute atomic E-state index is 0.0166. The summed E-state index contributed by atoms with van der Waals surface area (Å²) in [5.41, 5.74) is 0.0669. The normalized spacial score (nSPS) is 15.0. The summed E-state index contributed by atoms with van der Waals surface area (Å²) in [7, 11) is 0. The number of quaternary nitrogens is 1. The van der Waals surface area contributed by atoms with Crippen LogP contribution >= 0.6 is 23.2 Å². The molecule has 0 radical (unpaired) electrons. The van der Waals surface area contributed by atoms with Crippen LogP contribution in [0.25, 0.3) is 0 Å². The third kappa shape index (κ3) is 4.88. The molecule has 0 fully saturated rings. The first-order valence-electron chi connectivity index (χ1n) is 7.20. The van der Waals surface area contributed by atoms with E-state index in [9.17, 15) is 10.1 Å². The summed E-state index contributed by atoms with van der Waals surface area (Å²) < 4.78 is 0. The van der Waals surface area contributed by atoms with Crippen LogP contribution in [0.3, 0.4) is 0 Å². The molecule has 0 aliphatic heterocycles. The molecule has 0 aliphatic carbocycles. The van der Waals surface area contributed by atoms with Crippen LogP contribution in [0.5, 0.6) is 0 Å². The maximum absolute atomic E-state index is 12.0. The molecule has 1 amide bonds. The molecule has 0 unspecified atom stereocenters. The SMILES string of the molecule is CC(C)[C@@](C)(C#N)NC(=O)C[NH2+][C@H](C)c1ccc(Cl)cc1Cl. The Morgan fingerprint density at radius 1 is 1.41 bits per heavy atom. The lowest BCUT2D eigenvalue weighted by molar-refractivity contribution is -0.682. The second kappa shape index (κ2) is 7.82. The number of nitrogens with one attached hydrogen (secondary N) is 1. The molecule has 120 valence electrons. The monoisotopic (exact) mass is 342 g/mol.